The van der Waals surface area contributed by atoms with Gasteiger partial charge in [0.05, 0.1) is 6.10 Å². The van der Waals surface area contributed by atoms with Gasteiger partial charge in [-0.15, -0.1) is 11.3 Å². The summed E-state index contributed by atoms with van der Waals surface area (Å²) in [5, 5.41) is 2.12. The summed E-state index contributed by atoms with van der Waals surface area (Å²) in [6.07, 6.45) is 2.16. The second kappa shape index (κ2) is 6.34. The van der Waals surface area contributed by atoms with Gasteiger partial charge in [0.1, 0.15) is 5.54 Å². The van der Waals surface area contributed by atoms with Crippen LogP contribution in [-0.2, 0) is 16.1 Å². The number of carbonyl (C=O) groups is 1. The minimum atomic E-state index is -0.770. The van der Waals surface area contributed by atoms with Crippen LogP contribution in [0.5, 0.6) is 0 Å². The standard InChI is InChI=1S/C19H29N3O2S/c1-18(2)16-15(6-3-11-24-16)19(18,20)17(23)22-9-7-21(8-10-22)13-14-5-4-12-25-14/h4-5,12,15-16H,3,6-11,13,20H2,1-2H3. The van der Waals surface area contributed by atoms with Gasteiger partial charge in [-0.25, -0.2) is 0 Å². The van der Waals surface area contributed by atoms with Gasteiger partial charge in [-0.05, 0) is 24.3 Å². The molecule has 4 rings (SSSR count). The topological polar surface area (TPSA) is 58.8 Å². The summed E-state index contributed by atoms with van der Waals surface area (Å²) in [5.74, 6) is 0.313. The number of hydrogen-bond donors (Lipinski definition) is 1. The minimum absolute atomic E-state index is 0.135. The summed E-state index contributed by atoms with van der Waals surface area (Å²) < 4.78 is 5.94. The number of amides is 1. The first kappa shape index (κ1) is 17.5. The number of hydrogen-bond acceptors (Lipinski definition) is 5. The fraction of sp³-hybridized carbons (Fsp3) is 0.737. The number of ether oxygens (including phenoxy) is 1. The Balaban J connectivity index is 1.40. The third-order valence-corrected chi connectivity index (χ3v) is 7.52. The second-order valence-corrected chi connectivity index (χ2v) is 9.31. The minimum Gasteiger partial charge on any atom is -0.377 e. The van der Waals surface area contributed by atoms with E-state index in [1.54, 1.807) is 11.3 Å². The van der Waals surface area contributed by atoms with E-state index in [4.69, 9.17) is 10.5 Å². The molecule has 0 spiro atoms. The van der Waals surface area contributed by atoms with Gasteiger partial charge < -0.3 is 15.4 Å². The highest BCUT2D eigenvalue weighted by Crippen LogP contribution is 2.58. The maximum atomic E-state index is 13.3. The van der Waals surface area contributed by atoms with E-state index in [-0.39, 0.29) is 23.3 Å². The molecule has 3 heterocycles. The zero-order chi connectivity index (χ0) is 17.7. The molecule has 2 saturated heterocycles. The van der Waals surface area contributed by atoms with Crippen LogP contribution in [0.25, 0.3) is 0 Å². The quantitative estimate of drug-likeness (QED) is 0.891. The molecule has 6 heteroatoms. The Bertz CT molecular complexity index is 625. The van der Waals surface area contributed by atoms with E-state index in [1.165, 1.54) is 4.88 Å². The van der Waals surface area contributed by atoms with Crippen molar-refractivity contribution in [2.45, 2.75) is 44.9 Å². The first-order valence-corrected chi connectivity index (χ1v) is 10.3. The average molecular weight is 364 g/mol. The van der Waals surface area contributed by atoms with Crippen molar-refractivity contribution in [1.29, 1.82) is 0 Å². The summed E-state index contributed by atoms with van der Waals surface area (Å²) in [6.45, 7) is 9.38. The molecule has 1 amide bonds. The van der Waals surface area contributed by atoms with Crippen molar-refractivity contribution in [3.8, 4) is 0 Å². The van der Waals surface area contributed by atoms with Crippen molar-refractivity contribution in [3.05, 3.63) is 22.4 Å². The van der Waals surface area contributed by atoms with Gasteiger partial charge in [-0.3, -0.25) is 9.69 Å². The van der Waals surface area contributed by atoms with E-state index in [2.05, 4.69) is 36.3 Å². The van der Waals surface area contributed by atoms with Gasteiger partial charge in [-0.2, -0.15) is 0 Å². The molecule has 2 N–H and O–H groups in total. The van der Waals surface area contributed by atoms with E-state index < -0.39 is 5.54 Å². The van der Waals surface area contributed by atoms with Crippen molar-refractivity contribution >= 4 is 17.2 Å². The molecule has 1 aromatic rings. The lowest BCUT2D eigenvalue weighted by molar-refractivity contribution is -0.230. The summed E-state index contributed by atoms with van der Waals surface area (Å²) in [4.78, 5) is 19.1. The lowest BCUT2D eigenvalue weighted by Crippen LogP contribution is -2.82. The molecule has 3 unspecified atom stereocenters. The van der Waals surface area contributed by atoms with Crippen molar-refractivity contribution < 1.29 is 9.53 Å². The molecule has 0 aromatic carbocycles. The molecular formula is C19H29N3O2S. The molecule has 0 bridgehead atoms. The number of fused-ring (bicyclic) bond motifs is 1. The summed E-state index contributed by atoms with van der Waals surface area (Å²) in [6, 6.07) is 4.27. The largest absolute Gasteiger partial charge is 0.377 e. The SMILES string of the molecule is CC1(C)C2OCCCC2C1(N)C(=O)N1CCN(Cc2cccs2)CC1. The van der Waals surface area contributed by atoms with Crippen molar-refractivity contribution in [1.82, 2.24) is 9.80 Å². The molecule has 2 aliphatic heterocycles. The first-order chi connectivity index (χ1) is 11.9. The van der Waals surface area contributed by atoms with E-state index in [1.807, 2.05) is 4.90 Å². The van der Waals surface area contributed by atoms with E-state index in [0.717, 1.165) is 52.2 Å². The molecule has 5 nitrogen and oxygen atoms in total. The molecule has 1 aromatic heterocycles. The highest BCUT2D eigenvalue weighted by Gasteiger charge is 2.70. The van der Waals surface area contributed by atoms with Crippen LogP contribution in [-0.4, -0.2) is 60.1 Å². The summed E-state index contributed by atoms with van der Waals surface area (Å²) in [7, 11) is 0. The van der Waals surface area contributed by atoms with Crippen LogP contribution in [0.1, 0.15) is 31.6 Å². The van der Waals surface area contributed by atoms with Crippen LogP contribution in [0.4, 0.5) is 0 Å². The Morgan fingerprint density at radius 1 is 1.36 bits per heavy atom. The fourth-order valence-corrected chi connectivity index (χ4v) is 5.75. The monoisotopic (exact) mass is 363 g/mol. The predicted molar refractivity (Wildman–Crippen MR) is 99.3 cm³/mol. The normalized spacial score (nSPS) is 35.1. The lowest BCUT2D eigenvalue weighted by Gasteiger charge is -2.66. The maximum absolute atomic E-state index is 13.3. The van der Waals surface area contributed by atoms with Crippen LogP contribution < -0.4 is 5.73 Å². The van der Waals surface area contributed by atoms with Crippen molar-refractivity contribution in [3.63, 3.8) is 0 Å². The van der Waals surface area contributed by atoms with Gasteiger partial charge in [-0.1, -0.05) is 19.9 Å². The third kappa shape index (κ3) is 2.65. The van der Waals surface area contributed by atoms with Gasteiger partial charge in [0, 0.05) is 55.5 Å². The number of rotatable bonds is 3. The van der Waals surface area contributed by atoms with Crippen LogP contribution in [0.2, 0.25) is 0 Å². The van der Waals surface area contributed by atoms with Crippen molar-refractivity contribution in [2.75, 3.05) is 32.8 Å². The van der Waals surface area contributed by atoms with E-state index in [9.17, 15) is 4.79 Å². The third-order valence-electron chi connectivity index (χ3n) is 6.66. The number of carbonyl (C=O) groups excluding carboxylic acids is 1. The van der Waals surface area contributed by atoms with Gasteiger partial charge in [0.15, 0.2) is 0 Å². The maximum Gasteiger partial charge on any atom is 0.243 e. The van der Waals surface area contributed by atoms with Gasteiger partial charge in [0.25, 0.3) is 0 Å². The zero-order valence-electron chi connectivity index (χ0n) is 15.2. The van der Waals surface area contributed by atoms with Gasteiger partial charge >= 0.3 is 0 Å². The average Bonchev–Trinajstić information content (AvgIpc) is 3.14. The van der Waals surface area contributed by atoms with Crippen molar-refractivity contribution in [2.24, 2.45) is 17.1 Å². The molecule has 25 heavy (non-hydrogen) atoms. The fourth-order valence-electron chi connectivity index (χ4n) is 5.00. The van der Waals surface area contributed by atoms with Crippen LogP contribution in [0.15, 0.2) is 17.5 Å². The smallest absolute Gasteiger partial charge is 0.243 e. The van der Waals surface area contributed by atoms with E-state index in [0.29, 0.717) is 0 Å². The molecule has 1 saturated carbocycles. The zero-order valence-corrected chi connectivity index (χ0v) is 16.1. The van der Waals surface area contributed by atoms with Crippen LogP contribution >= 0.6 is 11.3 Å². The highest BCUT2D eigenvalue weighted by molar-refractivity contribution is 7.09. The Morgan fingerprint density at radius 2 is 2.12 bits per heavy atom. The molecule has 138 valence electrons. The Morgan fingerprint density at radius 3 is 2.80 bits per heavy atom. The Kier molecular flexibility index (Phi) is 4.43. The second-order valence-electron chi connectivity index (χ2n) is 8.28. The summed E-state index contributed by atoms with van der Waals surface area (Å²) >= 11 is 1.80. The lowest BCUT2D eigenvalue weighted by atomic mass is 9.46. The molecule has 3 atom stereocenters. The number of piperazine rings is 1. The van der Waals surface area contributed by atoms with Gasteiger partial charge in [0.2, 0.25) is 5.91 Å². The predicted octanol–water partition coefficient (Wildman–Crippen LogP) is 1.92. The first-order valence-electron chi connectivity index (χ1n) is 9.39. The molecule has 1 aliphatic carbocycles. The number of nitrogens with two attached hydrogens (primary N) is 1. The molecular weight excluding hydrogens is 334 g/mol. The summed E-state index contributed by atoms with van der Waals surface area (Å²) in [5.41, 5.74) is 5.71. The molecule has 3 aliphatic rings. The molecule has 0 radical (unpaired) electrons. The van der Waals surface area contributed by atoms with Crippen LogP contribution in [0.3, 0.4) is 0 Å². The number of thiophene rings is 1. The molecule has 3 fully saturated rings. The number of nitrogens with zero attached hydrogens (tertiary/aromatic N) is 2. The Labute approximate surface area is 154 Å². The Hall–Kier alpha value is -0.950. The highest BCUT2D eigenvalue weighted by atomic mass is 32.1. The van der Waals surface area contributed by atoms with Crippen LogP contribution in [0, 0.1) is 11.3 Å². The van der Waals surface area contributed by atoms with E-state index >= 15 is 0 Å².